The summed E-state index contributed by atoms with van der Waals surface area (Å²) in [5.74, 6) is -0.277. The van der Waals surface area contributed by atoms with E-state index in [9.17, 15) is 9.59 Å². The maximum Gasteiger partial charge on any atom is 0.246 e. The van der Waals surface area contributed by atoms with Crippen LogP contribution in [0.25, 0.3) is 0 Å². The first kappa shape index (κ1) is 12.5. The summed E-state index contributed by atoms with van der Waals surface area (Å²) in [5.41, 5.74) is 0. The molecule has 2 heterocycles. The lowest BCUT2D eigenvalue weighted by Gasteiger charge is -2.25. The van der Waals surface area contributed by atoms with Gasteiger partial charge >= 0.3 is 0 Å². The molecule has 0 aromatic carbocycles. The molecule has 1 saturated heterocycles. The number of carbonyl (C=O) groups excluding carboxylic acids is 2. The van der Waals surface area contributed by atoms with Crippen LogP contribution in [0.2, 0.25) is 5.28 Å². The standard InChI is InChI=1S/C9H11ClN6O2/c1-2-11-8-13-7(10)14-9(15-8)16-3-5(17)12-6(18)4-16/h2-4H2,1H3,(H,12,17,18)(H,11,13,14,15). The van der Waals surface area contributed by atoms with Gasteiger partial charge in [0.05, 0.1) is 0 Å². The van der Waals surface area contributed by atoms with E-state index in [2.05, 4.69) is 25.6 Å². The average molecular weight is 271 g/mol. The van der Waals surface area contributed by atoms with Crippen LogP contribution in [0.15, 0.2) is 0 Å². The van der Waals surface area contributed by atoms with Gasteiger partial charge in [-0.1, -0.05) is 0 Å². The van der Waals surface area contributed by atoms with Gasteiger partial charge in [0, 0.05) is 6.54 Å². The Labute approximate surface area is 108 Å². The number of imide groups is 1. The number of nitrogens with one attached hydrogen (secondary N) is 2. The van der Waals surface area contributed by atoms with Gasteiger partial charge < -0.3 is 10.2 Å². The lowest BCUT2D eigenvalue weighted by molar-refractivity contribution is -0.130. The van der Waals surface area contributed by atoms with Crippen molar-refractivity contribution >= 4 is 35.3 Å². The first-order valence-electron chi connectivity index (χ1n) is 5.31. The molecule has 18 heavy (non-hydrogen) atoms. The van der Waals surface area contributed by atoms with Crippen molar-refractivity contribution in [2.45, 2.75) is 6.92 Å². The third kappa shape index (κ3) is 2.83. The second-order valence-corrected chi connectivity index (χ2v) is 3.92. The number of anilines is 2. The zero-order chi connectivity index (χ0) is 13.1. The minimum absolute atomic E-state index is 0.00869. The highest BCUT2D eigenvalue weighted by Crippen LogP contribution is 2.14. The third-order valence-electron chi connectivity index (χ3n) is 2.16. The lowest BCUT2D eigenvalue weighted by atomic mass is 10.3. The second kappa shape index (κ2) is 5.13. The Morgan fingerprint density at radius 3 is 2.56 bits per heavy atom. The van der Waals surface area contributed by atoms with Crippen molar-refractivity contribution < 1.29 is 9.59 Å². The van der Waals surface area contributed by atoms with Crippen LogP contribution in [-0.4, -0.2) is 46.4 Å². The average Bonchev–Trinajstić information content (AvgIpc) is 2.27. The number of halogens is 1. The molecule has 1 fully saturated rings. The molecule has 96 valence electrons. The molecule has 0 radical (unpaired) electrons. The van der Waals surface area contributed by atoms with Crippen LogP contribution in [0.1, 0.15) is 6.92 Å². The van der Waals surface area contributed by atoms with Crippen molar-refractivity contribution in [1.29, 1.82) is 0 Å². The Hall–Kier alpha value is -1.96. The van der Waals surface area contributed by atoms with E-state index in [4.69, 9.17) is 11.6 Å². The van der Waals surface area contributed by atoms with Gasteiger partial charge in [-0.15, -0.1) is 0 Å². The molecule has 0 atom stereocenters. The molecule has 0 unspecified atom stereocenters. The maximum absolute atomic E-state index is 11.3. The molecule has 1 aromatic heterocycles. The molecule has 2 amide bonds. The zero-order valence-electron chi connectivity index (χ0n) is 9.60. The Morgan fingerprint density at radius 2 is 1.94 bits per heavy atom. The number of amides is 2. The van der Waals surface area contributed by atoms with Crippen molar-refractivity contribution in [3.8, 4) is 0 Å². The highest BCUT2D eigenvalue weighted by molar-refractivity contribution is 6.28. The Kier molecular flexibility index (Phi) is 3.56. The highest BCUT2D eigenvalue weighted by Gasteiger charge is 2.25. The number of carbonyl (C=O) groups is 2. The summed E-state index contributed by atoms with van der Waals surface area (Å²) in [4.78, 5) is 35.8. The molecule has 0 spiro atoms. The maximum atomic E-state index is 11.3. The van der Waals surface area contributed by atoms with E-state index >= 15 is 0 Å². The Balaban J connectivity index is 2.26. The first-order valence-corrected chi connectivity index (χ1v) is 5.69. The SMILES string of the molecule is CCNc1nc(Cl)nc(N2CC(=O)NC(=O)C2)n1. The van der Waals surface area contributed by atoms with E-state index in [0.29, 0.717) is 12.5 Å². The van der Waals surface area contributed by atoms with E-state index < -0.39 is 11.8 Å². The Bertz CT molecular complexity index is 478. The predicted molar refractivity (Wildman–Crippen MR) is 64.4 cm³/mol. The number of aromatic nitrogens is 3. The van der Waals surface area contributed by atoms with Crippen LogP contribution in [0.3, 0.4) is 0 Å². The molecule has 0 aliphatic carbocycles. The molecule has 0 bridgehead atoms. The monoisotopic (exact) mass is 270 g/mol. The van der Waals surface area contributed by atoms with E-state index in [-0.39, 0.29) is 24.3 Å². The lowest BCUT2D eigenvalue weighted by Crippen LogP contribution is -2.52. The summed E-state index contributed by atoms with van der Waals surface area (Å²) < 4.78 is 0. The van der Waals surface area contributed by atoms with E-state index in [1.54, 1.807) is 0 Å². The van der Waals surface area contributed by atoms with Gasteiger partial charge in [-0.25, -0.2) is 0 Å². The Morgan fingerprint density at radius 1 is 1.28 bits per heavy atom. The predicted octanol–water partition coefficient (Wildman–Crippen LogP) is -0.580. The van der Waals surface area contributed by atoms with Gasteiger partial charge in [0.25, 0.3) is 0 Å². The van der Waals surface area contributed by atoms with Gasteiger partial charge in [-0.3, -0.25) is 14.9 Å². The van der Waals surface area contributed by atoms with Crippen LogP contribution in [-0.2, 0) is 9.59 Å². The molecular weight excluding hydrogens is 260 g/mol. The first-order chi connectivity index (χ1) is 8.58. The molecular formula is C9H11ClN6O2. The van der Waals surface area contributed by atoms with Gasteiger partial charge in [0.15, 0.2) is 0 Å². The molecule has 1 aliphatic rings. The van der Waals surface area contributed by atoms with Crippen molar-refractivity contribution in [1.82, 2.24) is 20.3 Å². The van der Waals surface area contributed by atoms with Gasteiger partial charge in [-0.2, -0.15) is 15.0 Å². The number of rotatable bonds is 3. The molecule has 2 rings (SSSR count). The summed E-state index contributed by atoms with van der Waals surface area (Å²) >= 11 is 5.76. The number of hydrogen-bond acceptors (Lipinski definition) is 7. The number of nitrogens with zero attached hydrogens (tertiary/aromatic N) is 4. The van der Waals surface area contributed by atoms with Gasteiger partial charge in [0.1, 0.15) is 13.1 Å². The van der Waals surface area contributed by atoms with Gasteiger partial charge in [-0.05, 0) is 18.5 Å². The van der Waals surface area contributed by atoms with Crippen LogP contribution in [0.4, 0.5) is 11.9 Å². The zero-order valence-corrected chi connectivity index (χ0v) is 10.4. The summed E-state index contributed by atoms with van der Waals surface area (Å²) in [6, 6.07) is 0. The smallest absolute Gasteiger partial charge is 0.246 e. The van der Waals surface area contributed by atoms with Crippen LogP contribution < -0.4 is 15.5 Å². The van der Waals surface area contributed by atoms with Crippen molar-refractivity contribution in [2.24, 2.45) is 0 Å². The highest BCUT2D eigenvalue weighted by atomic mass is 35.5. The van der Waals surface area contributed by atoms with Crippen LogP contribution in [0.5, 0.6) is 0 Å². The van der Waals surface area contributed by atoms with Crippen LogP contribution >= 0.6 is 11.6 Å². The van der Waals surface area contributed by atoms with E-state index in [0.717, 1.165) is 0 Å². The van der Waals surface area contributed by atoms with Crippen LogP contribution in [0, 0.1) is 0 Å². The fraction of sp³-hybridized carbons (Fsp3) is 0.444. The van der Waals surface area contributed by atoms with Gasteiger partial charge in [0.2, 0.25) is 29.0 Å². The normalized spacial score (nSPS) is 15.6. The van der Waals surface area contributed by atoms with E-state index in [1.807, 2.05) is 6.92 Å². The largest absolute Gasteiger partial charge is 0.354 e. The summed E-state index contributed by atoms with van der Waals surface area (Å²) in [5, 5.41) is 5.09. The summed E-state index contributed by atoms with van der Waals surface area (Å²) in [6.45, 7) is 2.53. The van der Waals surface area contributed by atoms with E-state index in [1.165, 1.54) is 4.90 Å². The third-order valence-corrected chi connectivity index (χ3v) is 2.33. The second-order valence-electron chi connectivity index (χ2n) is 3.59. The minimum atomic E-state index is -0.396. The molecule has 1 aliphatic heterocycles. The molecule has 2 N–H and O–H groups in total. The molecule has 8 nitrogen and oxygen atoms in total. The number of piperazine rings is 1. The molecule has 1 aromatic rings. The summed E-state index contributed by atoms with van der Waals surface area (Å²) in [7, 11) is 0. The fourth-order valence-corrected chi connectivity index (χ4v) is 1.65. The van der Waals surface area contributed by atoms with Crippen molar-refractivity contribution in [3.05, 3.63) is 5.28 Å². The fourth-order valence-electron chi connectivity index (χ4n) is 1.50. The summed E-state index contributed by atoms with van der Waals surface area (Å²) in [6.07, 6.45) is 0. The minimum Gasteiger partial charge on any atom is -0.354 e. The molecule has 9 heteroatoms. The van der Waals surface area contributed by atoms with Crippen molar-refractivity contribution in [2.75, 3.05) is 29.9 Å². The number of hydrogen-bond donors (Lipinski definition) is 2. The van der Waals surface area contributed by atoms with Crippen molar-refractivity contribution in [3.63, 3.8) is 0 Å². The quantitative estimate of drug-likeness (QED) is 0.709. The topological polar surface area (TPSA) is 100 Å². The molecule has 0 saturated carbocycles.